The minimum Gasteiger partial charge on any atom is -0.491 e. The molecule has 5 nitrogen and oxygen atoms in total. The Morgan fingerprint density at radius 1 is 1.11 bits per heavy atom. The Morgan fingerprint density at radius 2 is 1.79 bits per heavy atom. The molecule has 1 N–H and O–H groups in total. The average molecular weight is 386 g/mol. The van der Waals surface area contributed by atoms with Crippen molar-refractivity contribution in [1.29, 1.82) is 0 Å². The van der Waals surface area contributed by atoms with E-state index in [0.717, 1.165) is 22.4 Å². The summed E-state index contributed by atoms with van der Waals surface area (Å²) in [6, 6.07) is 16.1. The van der Waals surface area contributed by atoms with Crippen LogP contribution in [0.3, 0.4) is 0 Å². The van der Waals surface area contributed by atoms with Crippen molar-refractivity contribution in [2.45, 2.75) is 39.2 Å². The first-order valence-electron chi connectivity index (χ1n) is 9.58. The molecule has 0 aliphatic carbocycles. The van der Waals surface area contributed by atoms with Crippen LogP contribution in [0.2, 0.25) is 0 Å². The number of nitrogens with zero attached hydrogens (tertiary/aromatic N) is 1. The summed E-state index contributed by atoms with van der Waals surface area (Å²) in [5, 5.41) is 9.64. The summed E-state index contributed by atoms with van der Waals surface area (Å²) in [4.78, 5) is 13.5. The summed E-state index contributed by atoms with van der Waals surface area (Å²) in [5.74, 6) is 0.668. The molecule has 1 atom stereocenters. The quantitative estimate of drug-likeness (QED) is 0.751. The third-order valence-corrected chi connectivity index (χ3v) is 4.31. The van der Waals surface area contributed by atoms with Crippen LogP contribution in [0.5, 0.6) is 5.75 Å². The van der Waals surface area contributed by atoms with Crippen molar-refractivity contribution in [3.05, 3.63) is 54.1 Å². The zero-order valence-corrected chi connectivity index (χ0v) is 17.4. The van der Waals surface area contributed by atoms with Crippen molar-refractivity contribution >= 4 is 6.09 Å². The molecule has 0 bridgehead atoms. The van der Waals surface area contributed by atoms with Crippen molar-refractivity contribution in [2.75, 3.05) is 26.8 Å². The fourth-order valence-electron chi connectivity index (χ4n) is 2.70. The molecule has 0 saturated heterocycles. The van der Waals surface area contributed by atoms with E-state index < -0.39 is 5.60 Å². The number of hydrogen-bond donors (Lipinski definition) is 1. The van der Waals surface area contributed by atoms with E-state index in [1.54, 1.807) is 7.05 Å². The Bertz CT molecular complexity index is 768. The van der Waals surface area contributed by atoms with Gasteiger partial charge in [-0.3, -0.25) is 0 Å². The number of hydrogen-bond acceptors (Lipinski definition) is 4. The molecule has 0 fully saturated rings. The van der Waals surface area contributed by atoms with E-state index in [0.29, 0.717) is 13.2 Å². The van der Waals surface area contributed by atoms with Crippen LogP contribution in [0.4, 0.5) is 4.79 Å². The van der Waals surface area contributed by atoms with Gasteiger partial charge in [0.2, 0.25) is 0 Å². The third-order valence-electron chi connectivity index (χ3n) is 4.31. The maximum atomic E-state index is 12.0. The molecule has 2 aromatic rings. The normalized spacial score (nSPS) is 12.4. The lowest BCUT2D eigenvalue weighted by Gasteiger charge is -2.25. The van der Waals surface area contributed by atoms with Crippen molar-refractivity contribution in [3.63, 3.8) is 0 Å². The largest absolute Gasteiger partial charge is 0.491 e. The van der Waals surface area contributed by atoms with Gasteiger partial charge in [-0.25, -0.2) is 4.79 Å². The van der Waals surface area contributed by atoms with Crippen LogP contribution < -0.4 is 4.74 Å². The number of carbonyl (C=O) groups excluding carboxylic acids is 1. The lowest BCUT2D eigenvalue weighted by molar-refractivity contribution is 0.0278. The van der Waals surface area contributed by atoms with Gasteiger partial charge in [0.15, 0.2) is 0 Å². The Balaban J connectivity index is 2.07. The van der Waals surface area contributed by atoms with Crippen LogP contribution in [-0.4, -0.2) is 48.5 Å². The summed E-state index contributed by atoms with van der Waals surface area (Å²) >= 11 is 0. The monoisotopic (exact) mass is 385 g/mol. The molecule has 0 saturated carbocycles. The highest BCUT2D eigenvalue weighted by Gasteiger charge is 2.20. The van der Waals surface area contributed by atoms with Gasteiger partial charge in [-0.2, -0.15) is 0 Å². The molecule has 0 spiro atoms. The van der Waals surface area contributed by atoms with Gasteiger partial charge in [0.25, 0.3) is 0 Å². The van der Waals surface area contributed by atoms with E-state index in [9.17, 15) is 9.90 Å². The van der Waals surface area contributed by atoms with E-state index in [1.165, 1.54) is 4.90 Å². The molecule has 2 aromatic carbocycles. The molecule has 0 aromatic heterocycles. The van der Waals surface area contributed by atoms with Crippen LogP contribution in [0.1, 0.15) is 39.2 Å². The van der Waals surface area contributed by atoms with E-state index in [-0.39, 0.29) is 18.6 Å². The van der Waals surface area contributed by atoms with E-state index in [1.807, 2.05) is 58.0 Å². The molecule has 0 aliphatic heterocycles. The van der Waals surface area contributed by atoms with Gasteiger partial charge in [-0.05, 0) is 49.6 Å². The highest BCUT2D eigenvalue weighted by molar-refractivity contribution is 5.68. The van der Waals surface area contributed by atoms with Crippen LogP contribution in [0.25, 0.3) is 11.1 Å². The number of carbonyl (C=O) groups is 1. The van der Waals surface area contributed by atoms with Crippen molar-refractivity contribution in [1.82, 2.24) is 4.90 Å². The molecular weight excluding hydrogens is 354 g/mol. The van der Waals surface area contributed by atoms with Gasteiger partial charge >= 0.3 is 6.09 Å². The van der Waals surface area contributed by atoms with Crippen molar-refractivity contribution in [3.8, 4) is 16.9 Å². The van der Waals surface area contributed by atoms with Gasteiger partial charge in [0.05, 0.1) is 6.54 Å². The fourth-order valence-corrected chi connectivity index (χ4v) is 2.70. The van der Waals surface area contributed by atoms with Gasteiger partial charge in [-0.15, -0.1) is 0 Å². The van der Waals surface area contributed by atoms with Gasteiger partial charge in [0.1, 0.15) is 18.0 Å². The maximum Gasteiger partial charge on any atom is 0.410 e. The highest BCUT2D eigenvalue weighted by Crippen LogP contribution is 2.31. The number of likely N-dealkylation sites (N-methyl/N-ethyl adjacent to an activating group) is 1. The molecular formula is C23H31NO4. The van der Waals surface area contributed by atoms with Gasteiger partial charge < -0.3 is 19.5 Å². The first-order chi connectivity index (χ1) is 13.2. The first-order valence-corrected chi connectivity index (χ1v) is 9.58. The number of amides is 1. The van der Waals surface area contributed by atoms with Crippen LogP contribution >= 0.6 is 0 Å². The van der Waals surface area contributed by atoms with Crippen LogP contribution in [0, 0.1) is 0 Å². The smallest absolute Gasteiger partial charge is 0.410 e. The number of benzene rings is 2. The van der Waals surface area contributed by atoms with E-state index in [2.05, 4.69) is 18.2 Å². The Morgan fingerprint density at radius 3 is 2.39 bits per heavy atom. The minimum atomic E-state index is -0.525. The zero-order valence-electron chi connectivity index (χ0n) is 17.4. The molecule has 152 valence electrons. The number of aliphatic hydroxyl groups is 1. The second-order valence-electron chi connectivity index (χ2n) is 7.95. The number of aliphatic hydroxyl groups excluding tert-OH is 1. The Labute approximate surface area is 167 Å². The predicted molar refractivity (Wildman–Crippen MR) is 112 cm³/mol. The third kappa shape index (κ3) is 6.27. The minimum absolute atomic E-state index is 0.0341. The fraction of sp³-hybridized carbons (Fsp3) is 0.435. The molecule has 1 amide bonds. The van der Waals surface area contributed by atoms with Gasteiger partial charge in [-0.1, -0.05) is 43.3 Å². The molecule has 0 radical (unpaired) electrons. The molecule has 0 heterocycles. The molecule has 28 heavy (non-hydrogen) atoms. The second-order valence-corrected chi connectivity index (χ2v) is 7.95. The van der Waals surface area contributed by atoms with Crippen molar-refractivity contribution in [2.24, 2.45) is 0 Å². The van der Waals surface area contributed by atoms with Crippen LogP contribution in [-0.2, 0) is 4.74 Å². The lowest BCUT2D eigenvalue weighted by Crippen LogP contribution is -2.36. The molecule has 0 aliphatic rings. The van der Waals surface area contributed by atoms with Gasteiger partial charge in [0, 0.05) is 19.6 Å². The topological polar surface area (TPSA) is 59.0 Å². The SMILES string of the molecule is CC(CO)c1cc(-c2ccccc2)ccc1OCCN(C)C(=O)OC(C)(C)C. The summed E-state index contributed by atoms with van der Waals surface area (Å²) < 4.78 is 11.3. The highest BCUT2D eigenvalue weighted by atomic mass is 16.6. The second kappa shape index (κ2) is 9.60. The molecule has 2 rings (SSSR count). The summed E-state index contributed by atoms with van der Waals surface area (Å²) in [5.41, 5.74) is 2.62. The van der Waals surface area contributed by atoms with Crippen molar-refractivity contribution < 1.29 is 19.4 Å². The maximum absolute atomic E-state index is 12.0. The predicted octanol–water partition coefficient (Wildman–Crippen LogP) is 4.70. The zero-order chi connectivity index (χ0) is 20.7. The standard InChI is InChI=1S/C23H31NO4/c1-17(16-25)20-15-19(18-9-7-6-8-10-18)11-12-21(20)27-14-13-24(5)22(26)28-23(2,3)4/h6-12,15,17,25H,13-14,16H2,1-5H3. The summed E-state index contributed by atoms with van der Waals surface area (Å²) in [6.45, 7) is 8.26. The number of rotatable bonds is 7. The Kier molecular flexibility index (Phi) is 7.46. The van der Waals surface area contributed by atoms with E-state index >= 15 is 0 Å². The van der Waals surface area contributed by atoms with E-state index in [4.69, 9.17) is 9.47 Å². The summed E-state index contributed by atoms with van der Waals surface area (Å²) in [6.07, 6.45) is -0.375. The molecule has 5 heteroatoms. The first kappa shape index (κ1) is 21.8. The number of ether oxygens (including phenoxy) is 2. The average Bonchev–Trinajstić information content (AvgIpc) is 2.66. The Hall–Kier alpha value is -2.53. The molecule has 1 unspecified atom stereocenters. The summed E-state index contributed by atoms with van der Waals surface area (Å²) in [7, 11) is 1.69. The van der Waals surface area contributed by atoms with Crippen LogP contribution in [0.15, 0.2) is 48.5 Å². The lowest BCUT2D eigenvalue weighted by atomic mass is 9.95.